The average molecular weight is 369 g/mol. The van der Waals surface area contributed by atoms with Gasteiger partial charge in [-0.3, -0.25) is 0 Å². The number of rotatable bonds is 0. The fourth-order valence-electron chi connectivity index (χ4n) is 1.50. The second-order valence-corrected chi connectivity index (χ2v) is 8.49. The molecule has 26 heavy (non-hydrogen) atoms. The highest BCUT2D eigenvalue weighted by atomic mass is 14.0. The lowest BCUT2D eigenvalue weighted by molar-refractivity contribution is 0.504. The third-order valence-corrected chi connectivity index (χ3v) is 6.00. The molecule has 0 atom stereocenters. The van der Waals surface area contributed by atoms with Crippen LogP contribution in [0.2, 0.25) is 0 Å². The SMILES string of the molecule is C.C.C1CCC1.C1CCC1.C1CCC1.C1CCC1.C1CCC1.C1CCC1. The molecule has 0 amide bonds. The fraction of sp³-hybridized carbons (Fsp3) is 1.00. The van der Waals surface area contributed by atoms with Crippen molar-refractivity contribution in [1.82, 2.24) is 0 Å². The second-order valence-electron chi connectivity index (χ2n) is 8.49. The van der Waals surface area contributed by atoms with E-state index < -0.39 is 0 Å². The van der Waals surface area contributed by atoms with Gasteiger partial charge >= 0.3 is 0 Å². The second kappa shape index (κ2) is 25.0. The lowest BCUT2D eigenvalue weighted by Gasteiger charge is -2.05. The summed E-state index contributed by atoms with van der Waals surface area (Å²) in [5.41, 5.74) is 0. The standard InChI is InChI=1S/6C4H8.2CH4/c6*1-2-4-3-1;;/h6*1-4H2;2*1H4. The molecule has 0 aliphatic heterocycles. The molecule has 0 aromatic rings. The minimum atomic E-state index is 0. The van der Waals surface area contributed by atoms with Gasteiger partial charge in [0, 0.05) is 0 Å². The molecule has 0 N–H and O–H groups in total. The summed E-state index contributed by atoms with van der Waals surface area (Å²) in [4.78, 5) is 0. The summed E-state index contributed by atoms with van der Waals surface area (Å²) < 4.78 is 0. The van der Waals surface area contributed by atoms with E-state index in [1.165, 1.54) is 154 Å². The Morgan fingerprint density at radius 3 is 0.154 bits per heavy atom. The molecular weight excluding hydrogens is 312 g/mol. The largest absolute Gasteiger partial charge is 0.0776 e. The van der Waals surface area contributed by atoms with Crippen molar-refractivity contribution in [2.75, 3.05) is 0 Å². The van der Waals surface area contributed by atoms with Crippen molar-refractivity contribution >= 4 is 0 Å². The van der Waals surface area contributed by atoms with Crippen LogP contribution in [0.1, 0.15) is 169 Å². The van der Waals surface area contributed by atoms with Crippen molar-refractivity contribution in [3.8, 4) is 0 Å². The first kappa shape index (κ1) is 28.2. The summed E-state index contributed by atoms with van der Waals surface area (Å²) in [6.07, 6.45) is 36.0. The van der Waals surface area contributed by atoms with Gasteiger partial charge in [-0.15, -0.1) is 0 Å². The molecule has 0 heteroatoms. The summed E-state index contributed by atoms with van der Waals surface area (Å²) >= 11 is 0. The van der Waals surface area contributed by atoms with Crippen LogP contribution in [-0.2, 0) is 0 Å². The smallest absolute Gasteiger partial charge is 0.0533 e. The maximum Gasteiger partial charge on any atom is -0.0533 e. The Kier molecular flexibility index (Phi) is 27.1. The van der Waals surface area contributed by atoms with Gasteiger partial charge in [0.2, 0.25) is 0 Å². The van der Waals surface area contributed by atoms with E-state index in [1.807, 2.05) is 0 Å². The van der Waals surface area contributed by atoms with E-state index in [4.69, 9.17) is 0 Å². The molecule has 0 radical (unpaired) electrons. The molecule has 0 bridgehead atoms. The Bertz CT molecular complexity index is 110. The molecule has 0 aromatic carbocycles. The Morgan fingerprint density at radius 2 is 0.154 bits per heavy atom. The van der Waals surface area contributed by atoms with E-state index in [1.54, 1.807) is 0 Å². The van der Waals surface area contributed by atoms with Gasteiger partial charge in [0.15, 0.2) is 0 Å². The highest BCUT2D eigenvalue weighted by Gasteiger charge is 1.97. The maximum absolute atomic E-state index is 1.50. The number of hydrogen-bond donors (Lipinski definition) is 0. The molecule has 160 valence electrons. The van der Waals surface area contributed by atoms with Crippen molar-refractivity contribution in [2.45, 2.75) is 169 Å². The number of hydrogen-bond acceptors (Lipinski definition) is 0. The molecule has 0 heterocycles. The lowest BCUT2D eigenvalue weighted by Crippen LogP contribution is -1.85. The van der Waals surface area contributed by atoms with Crippen molar-refractivity contribution in [3.63, 3.8) is 0 Å². The van der Waals surface area contributed by atoms with Crippen LogP contribution >= 0.6 is 0 Å². The monoisotopic (exact) mass is 368 g/mol. The van der Waals surface area contributed by atoms with Gasteiger partial charge in [-0.1, -0.05) is 169 Å². The van der Waals surface area contributed by atoms with Crippen LogP contribution in [0.15, 0.2) is 0 Å². The molecule has 0 saturated heterocycles. The molecule has 6 fully saturated rings. The Labute approximate surface area is 169 Å². The Balaban J connectivity index is 0. The third kappa shape index (κ3) is 22.0. The first-order chi connectivity index (χ1) is 12.0. The molecule has 6 aliphatic carbocycles. The summed E-state index contributed by atoms with van der Waals surface area (Å²) in [6, 6.07) is 0. The molecule has 6 aliphatic rings. The van der Waals surface area contributed by atoms with Crippen LogP contribution in [0.3, 0.4) is 0 Å². The first-order valence-corrected chi connectivity index (χ1v) is 12.0. The quantitative estimate of drug-likeness (QED) is 0.398. The van der Waals surface area contributed by atoms with Crippen molar-refractivity contribution < 1.29 is 0 Å². The lowest BCUT2D eigenvalue weighted by atomic mass is 10.0. The van der Waals surface area contributed by atoms with Gasteiger partial charge in [0.05, 0.1) is 0 Å². The molecule has 6 rings (SSSR count). The van der Waals surface area contributed by atoms with E-state index in [9.17, 15) is 0 Å². The van der Waals surface area contributed by atoms with E-state index in [-0.39, 0.29) is 14.9 Å². The van der Waals surface area contributed by atoms with Gasteiger partial charge in [0.25, 0.3) is 0 Å². The van der Waals surface area contributed by atoms with Crippen LogP contribution in [0.25, 0.3) is 0 Å². The van der Waals surface area contributed by atoms with Crippen molar-refractivity contribution in [1.29, 1.82) is 0 Å². The minimum Gasteiger partial charge on any atom is -0.0776 e. The molecule has 0 aromatic heterocycles. The minimum absolute atomic E-state index is 0. The predicted octanol–water partition coefficient (Wildman–Crippen LogP) is 10.6. The zero-order valence-electron chi connectivity index (χ0n) is 17.0. The van der Waals surface area contributed by atoms with E-state index >= 15 is 0 Å². The normalized spacial score (nSPS) is 22.2. The first-order valence-electron chi connectivity index (χ1n) is 12.0. The zero-order chi connectivity index (χ0) is 17.0. The third-order valence-electron chi connectivity index (χ3n) is 6.00. The van der Waals surface area contributed by atoms with Gasteiger partial charge < -0.3 is 0 Å². The van der Waals surface area contributed by atoms with E-state index in [2.05, 4.69) is 0 Å². The van der Waals surface area contributed by atoms with Crippen molar-refractivity contribution in [2.24, 2.45) is 0 Å². The maximum atomic E-state index is 1.50. The summed E-state index contributed by atoms with van der Waals surface area (Å²) in [5, 5.41) is 0. The Morgan fingerprint density at radius 1 is 0.115 bits per heavy atom. The zero-order valence-corrected chi connectivity index (χ0v) is 17.0. The summed E-state index contributed by atoms with van der Waals surface area (Å²) in [6.45, 7) is 0. The molecule has 6 saturated carbocycles. The predicted molar refractivity (Wildman–Crippen MR) is 124 cm³/mol. The molecular formula is C26H56. The fourth-order valence-corrected chi connectivity index (χ4v) is 1.50. The van der Waals surface area contributed by atoms with Gasteiger partial charge in [-0.25, -0.2) is 0 Å². The molecule has 0 nitrogen and oxygen atoms in total. The topological polar surface area (TPSA) is 0 Å². The van der Waals surface area contributed by atoms with Crippen LogP contribution in [0.5, 0.6) is 0 Å². The van der Waals surface area contributed by atoms with Crippen LogP contribution < -0.4 is 0 Å². The van der Waals surface area contributed by atoms with Crippen LogP contribution in [0.4, 0.5) is 0 Å². The highest BCUT2D eigenvalue weighted by Crippen LogP contribution is 2.17. The van der Waals surface area contributed by atoms with E-state index in [0.29, 0.717) is 0 Å². The highest BCUT2D eigenvalue weighted by molar-refractivity contribution is 4.52. The molecule has 0 spiro atoms. The summed E-state index contributed by atoms with van der Waals surface area (Å²) in [5.74, 6) is 0. The van der Waals surface area contributed by atoms with E-state index in [0.717, 1.165) is 0 Å². The summed E-state index contributed by atoms with van der Waals surface area (Å²) in [7, 11) is 0. The average Bonchev–Trinajstić information content (AvgIpc) is 1.94. The van der Waals surface area contributed by atoms with Crippen LogP contribution in [-0.4, -0.2) is 0 Å². The molecule has 0 unspecified atom stereocenters. The van der Waals surface area contributed by atoms with Crippen molar-refractivity contribution in [3.05, 3.63) is 0 Å². The van der Waals surface area contributed by atoms with Crippen LogP contribution in [0, 0.1) is 0 Å². The van der Waals surface area contributed by atoms with Gasteiger partial charge in [0.1, 0.15) is 0 Å². The van der Waals surface area contributed by atoms with Gasteiger partial charge in [-0.05, 0) is 0 Å². The van der Waals surface area contributed by atoms with Gasteiger partial charge in [-0.2, -0.15) is 0 Å². The Hall–Kier alpha value is 0.